The van der Waals surface area contributed by atoms with Gasteiger partial charge in [-0.3, -0.25) is 0 Å². The maximum atomic E-state index is 9.57. The highest BCUT2D eigenvalue weighted by Crippen LogP contribution is 2.59. The van der Waals surface area contributed by atoms with Gasteiger partial charge in [-0.25, -0.2) is 0 Å². The van der Waals surface area contributed by atoms with Crippen LogP contribution in [0.1, 0.15) is 97.8 Å². The normalized spacial score (nSPS) is 36.8. The van der Waals surface area contributed by atoms with Gasteiger partial charge in [0.25, 0.3) is 0 Å². The zero-order valence-electron chi connectivity index (χ0n) is 18.1. The van der Waals surface area contributed by atoms with Gasteiger partial charge in [0.1, 0.15) is 0 Å². The number of hydrogen-bond acceptors (Lipinski definition) is 1. The van der Waals surface area contributed by atoms with Crippen molar-refractivity contribution in [3.8, 4) is 0 Å². The van der Waals surface area contributed by atoms with E-state index in [9.17, 15) is 5.11 Å². The minimum absolute atomic E-state index is 0.143. The van der Waals surface area contributed by atoms with E-state index >= 15 is 0 Å². The van der Waals surface area contributed by atoms with Crippen molar-refractivity contribution >= 4 is 0 Å². The third kappa shape index (κ3) is 4.78. The Morgan fingerprint density at radius 2 is 1.85 bits per heavy atom. The molecule has 4 unspecified atom stereocenters. The van der Waals surface area contributed by atoms with E-state index < -0.39 is 0 Å². The lowest BCUT2D eigenvalue weighted by molar-refractivity contribution is 0.0907. The van der Waals surface area contributed by atoms with Crippen LogP contribution in [0, 0.1) is 23.2 Å². The summed E-state index contributed by atoms with van der Waals surface area (Å²) in [7, 11) is 0. The number of fused-ring (bicyclic) bond motifs is 1. The first-order chi connectivity index (χ1) is 12.9. The largest absolute Gasteiger partial charge is 0.393 e. The van der Waals surface area contributed by atoms with Crippen LogP contribution in [0.5, 0.6) is 0 Å². The van der Waals surface area contributed by atoms with Crippen LogP contribution in [-0.4, -0.2) is 11.2 Å². The van der Waals surface area contributed by atoms with Gasteiger partial charge in [-0.2, -0.15) is 0 Å². The molecule has 1 nitrogen and oxygen atoms in total. The summed E-state index contributed by atoms with van der Waals surface area (Å²) in [5.74, 6) is 2.44. The molecule has 3 fully saturated rings. The molecule has 152 valence electrons. The maximum Gasteiger partial charge on any atom is 0.0512 e. The van der Waals surface area contributed by atoms with E-state index in [2.05, 4.69) is 32.6 Å². The second kappa shape index (κ2) is 9.12. The predicted octanol–water partition coefficient (Wildman–Crippen LogP) is 7.37. The van der Waals surface area contributed by atoms with Crippen molar-refractivity contribution in [1.29, 1.82) is 0 Å². The van der Waals surface area contributed by atoms with E-state index in [-0.39, 0.29) is 6.10 Å². The van der Waals surface area contributed by atoms with Gasteiger partial charge in [-0.05, 0) is 99.9 Å². The van der Waals surface area contributed by atoms with Crippen LogP contribution < -0.4 is 0 Å². The van der Waals surface area contributed by atoms with E-state index in [0.717, 1.165) is 24.2 Å². The first-order valence-electron chi connectivity index (χ1n) is 11.7. The molecule has 0 radical (unpaired) electrons. The Balaban J connectivity index is 1.69. The maximum absolute atomic E-state index is 9.57. The molecule has 1 heteroatoms. The summed E-state index contributed by atoms with van der Waals surface area (Å²) < 4.78 is 0. The molecule has 0 aromatic rings. The van der Waals surface area contributed by atoms with Crippen LogP contribution in [0.2, 0.25) is 0 Å². The molecule has 27 heavy (non-hydrogen) atoms. The summed E-state index contributed by atoms with van der Waals surface area (Å²) in [6, 6.07) is 0. The second-order valence-electron chi connectivity index (χ2n) is 10.1. The lowest BCUT2D eigenvalue weighted by Gasteiger charge is -2.44. The molecule has 3 saturated carbocycles. The summed E-state index contributed by atoms with van der Waals surface area (Å²) in [4.78, 5) is 0. The molecule has 3 aliphatic rings. The van der Waals surface area contributed by atoms with Crippen LogP contribution >= 0.6 is 0 Å². The number of allylic oxidation sites excluding steroid dienone is 5. The van der Waals surface area contributed by atoms with Crippen LogP contribution in [0.15, 0.2) is 35.5 Å². The molecule has 0 saturated heterocycles. The van der Waals surface area contributed by atoms with E-state index in [1.807, 2.05) is 6.92 Å². The Morgan fingerprint density at radius 3 is 2.59 bits per heavy atom. The standard InChI is InChI=1S/C26H42O/c1-19-9-5-6-12-22(19)14-15-23-13-8-18-26(4)24(16-17-25(23)26)20(2)10-7-11-21(3)27/h14-15,20-21,24-25,27H,1,5-13,16-18H2,2-4H3/b22-14-,23-15+/t20-,21?,24?,25?,26?/m1/s1. The molecular weight excluding hydrogens is 328 g/mol. The highest BCUT2D eigenvalue weighted by molar-refractivity contribution is 5.35. The lowest BCUT2D eigenvalue weighted by atomic mass is 9.60. The minimum Gasteiger partial charge on any atom is -0.393 e. The third-order valence-corrected chi connectivity index (χ3v) is 8.13. The lowest BCUT2D eigenvalue weighted by Crippen LogP contribution is -2.36. The first-order valence-corrected chi connectivity index (χ1v) is 11.7. The van der Waals surface area contributed by atoms with Gasteiger partial charge < -0.3 is 5.11 Å². The fraction of sp³-hybridized carbons (Fsp3) is 0.769. The summed E-state index contributed by atoms with van der Waals surface area (Å²) in [5.41, 5.74) is 5.12. The molecule has 5 atom stereocenters. The van der Waals surface area contributed by atoms with E-state index in [0.29, 0.717) is 5.41 Å². The van der Waals surface area contributed by atoms with Crippen LogP contribution in [-0.2, 0) is 0 Å². The Morgan fingerprint density at radius 1 is 1.07 bits per heavy atom. The van der Waals surface area contributed by atoms with Crippen molar-refractivity contribution in [3.63, 3.8) is 0 Å². The van der Waals surface area contributed by atoms with Gasteiger partial charge in [-0.1, -0.05) is 56.6 Å². The van der Waals surface area contributed by atoms with E-state index in [4.69, 9.17) is 0 Å². The van der Waals surface area contributed by atoms with E-state index in [1.165, 1.54) is 81.8 Å². The first kappa shape index (κ1) is 20.9. The highest BCUT2D eigenvalue weighted by atomic mass is 16.3. The molecule has 0 amide bonds. The Bertz CT molecular complexity index is 581. The average molecular weight is 371 g/mol. The number of aliphatic hydroxyl groups is 1. The molecule has 3 rings (SSSR count). The van der Waals surface area contributed by atoms with Crippen molar-refractivity contribution in [2.45, 2.75) is 104 Å². The fourth-order valence-corrected chi connectivity index (χ4v) is 6.55. The SMILES string of the molecule is C=C1CCCC/C1=C/C=C1\CCCC2(C)C1CCC2[C@H](C)CCCC(C)O. The number of rotatable bonds is 6. The van der Waals surface area contributed by atoms with Crippen molar-refractivity contribution in [1.82, 2.24) is 0 Å². The summed E-state index contributed by atoms with van der Waals surface area (Å²) in [6.45, 7) is 11.3. The van der Waals surface area contributed by atoms with Crippen molar-refractivity contribution in [2.75, 3.05) is 0 Å². The second-order valence-corrected chi connectivity index (χ2v) is 10.1. The fourth-order valence-electron chi connectivity index (χ4n) is 6.55. The molecule has 0 aromatic heterocycles. The molecule has 0 aliphatic heterocycles. The monoisotopic (exact) mass is 370 g/mol. The molecule has 1 N–H and O–H groups in total. The molecule has 0 aromatic carbocycles. The summed E-state index contributed by atoms with van der Waals surface area (Å²) in [6.07, 6.45) is 20.2. The van der Waals surface area contributed by atoms with Crippen LogP contribution in [0.3, 0.4) is 0 Å². The Labute approximate surface area is 168 Å². The number of hydrogen-bond donors (Lipinski definition) is 1. The van der Waals surface area contributed by atoms with Gasteiger partial charge in [-0.15, -0.1) is 0 Å². The molecule has 3 aliphatic carbocycles. The Hall–Kier alpha value is -0.820. The Kier molecular flexibility index (Phi) is 7.06. The van der Waals surface area contributed by atoms with Gasteiger partial charge in [0.2, 0.25) is 0 Å². The molecule has 0 spiro atoms. The van der Waals surface area contributed by atoms with Gasteiger partial charge in [0.05, 0.1) is 6.10 Å². The average Bonchev–Trinajstić information content (AvgIpc) is 2.98. The summed E-state index contributed by atoms with van der Waals surface area (Å²) >= 11 is 0. The van der Waals surface area contributed by atoms with Gasteiger partial charge in [0, 0.05) is 0 Å². The quantitative estimate of drug-likeness (QED) is 0.517. The number of aliphatic hydroxyl groups excluding tert-OH is 1. The van der Waals surface area contributed by atoms with Crippen molar-refractivity contribution in [3.05, 3.63) is 35.5 Å². The van der Waals surface area contributed by atoms with Gasteiger partial charge in [0.15, 0.2) is 0 Å². The van der Waals surface area contributed by atoms with Gasteiger partial charge >= 0.3 is 0 Å². The molecule has 0 heterocycles. The summed E-state index contributed by atoms with van der Waals surface area (Å²) in [5, 5.41) is 9.57. The molecular formula is C26H42O. The zero-order chi connectivity index (χ0) is 19.4. The van der Waals surface area contributed by atoms with Crippen molar-refractivity contribution < 1.29 is 5.11 Å². The van der Waals surface area contributed by atoms with Crippen LogP contribution in [0.4, 0.5) is 0 Å². The van der Waals surface area contributed by atoms with E-state index in [1.54, 1.807) is 5.57 Å². The van der Waals surface area contributed by atoms with Crippen LogP contribution in [0.25, 0.3) is 0 Å². The highest BCUT2D eigenvalue weighted by Gasteiger charge is 2.50. The smallest absolute Gasteiger partial charge is 0.0512 e. The predicted molar refractivity (Wildman–Crippen MR) is 117 cm³/mol. The topological polar surface area (TPSA) is 20.2 Å². The van der Waals surface area contributed by atoms with Crippen molar-refractivity contribution in [2.24, 2.45) is 23.2 Å². The minimum atomic E-state index is -0.143. The zero-order valence-corrected chi connectivity index (χ0v) is 18.1. The third-order valence-electron chi connectivity index (χ3n) is 8.13. The molecule has 0 bridgehead atoms.